The lowest BCUT2D eigenvalue weighted by Crippen LogP contribution is -2.38. The number of hydrogen-bond donors (Lipinski definition) is 3. The van der Waals surface area contributed by atoms with Crippen LogP contribution in [0.2, 0.25) is 4.34 Å². The van der Waals surface area contributed by atoms with Crippen molar-refractivity contribution in [2.75, 3.05) is 13.2 Å². The van der Waals surface area contributed by atoms with Crippen molar-refractivity contribution in [2.24, 2.45) is 0 Å². The summed E-state index contributed by atoms with van der Waals surface area (Å²) in [5, 5.41) is 13.8. The molecule has 0 saturated carbocycles. The molecule has 0 aliphatic rings. The van der Waals surface area contributed by atoms with Crippen LogP contribution < -0.4 is 10.6 Å². The van der Waals surface area contributed by atoms with Gasteiger partial charge in [0.15, 0.2) is 0 Å². The Kier molecular flexibility index (Phi) is 4.87. The number of carbonyl (C=O) groups is 1. The van der Waals surface area contributed by atoms with Crippen LogP contribution in [0.15, 0.2) is 12.1 Å². The minimum atomic E-state index is -0.291. The summed E-state index contributed by atoms with van der Waals surface area (Å²) < 4.78 is 0.703. The molecular formula is C9H13ClN2O2S. The van der Waals surface area contributed by atoms with Crippen molar-refractivity contribution in [1.82, 2.24) is 10.6 Å². The summed E-state index contributed by atoms with van der Waals surface area (Å²) in [6, 6.07) is 3.30. The van der Waals surface area contributed by atoms with E-state index in [1.807, 2.05) is 13.0 Å². The van der Waals surface area contributed by atoms with Crippen LogP contribution in [0.25, 0.3) is 0 Å². The molecule has 15 heavy (non-hydrogen) atoms. The second-order valence-corrected chi connectivity index (χ2v) is 4.73. The van der Waals surface area contributed by atoms with Gasteiger partial charge in [-0.25, -0.2) is 4.79 Å². The summed E-state index contributed by atoms with van der Waals surface area (Å²) in [6.07, 6.45) is 0. The summed E-state index contributed by atoms with van der Waals surface area (Å²) in [7, 11) is 0. The first-order chi connectivity index (χ1) is 7.13. The number of aliphatic hydroxyl groups is 1. The Labute approximate surface area is 97.3 Å². The summed E-state index contributed by atoms with van der Waals surface area (Å²) in [5.41, 5.74) is 0. The topological polar surface area (TPSA) is 61.4 Å². The zero-order valence-corrected chi connectivity index (χ0v) is 9.86. The van der Waals surface area contributed by atoms with E-state index in [0.717, 1.165) is 4.88 Å². The zero-order valence-electron chi connectivity index (χ0n) is 8.29. The Morgan fingerprint density at radius 1 is 1.67 bits per heavy atom. The molecule has 0 saturated heterocycles. The Morgan fingerprint density at radius 3 is 2.93 bits per heavy atom. The molecule has 6 heteroatoms. The van der Waals surface area contributed by atoms with E-state index >= 15 is 0 Å². The smallest absolute Gasteiger partial charge is 0.315 e. The highest BCUT2D eigenvalue weighted by Crippen LogP contribution is 2.26. The molecule has 0 bridgehead atoms. The van der Waals surface area contributed by atoms with Crippen molar-refractivity contribution in [2.45, 2.75) is 13.0 Å². The highest BCUT2D eigenvalue weighted by atomic mass is 35.5. The van der Waals surface area contributed by atoms with Crippen molar-refractivity contribution in [3.63, 3.8) is 0 Å². The number of hydrogen-bond acceptors (Lipinski definition) is 3. The molecule has 84 valence electrons. The highest BCUT2D eigenvalue weighted by molar-refractivity contribution is 7.16. The first-order valence-electron chi connectivity index (χ1n) is 4.54. The van der Waals surface area contributed by atoms with E-state index in [1.54, 1.807) is 6.07 Å². The molecule has 0 aliphatic heterocycles. The molecule has 1 aromatic heterocycles. The van der Waals surface area contributed by atoms with Crippen LogP contribution in [0.5, 0.6) is 0 Å². The monoisotopic (exact) mass is 248 g/mol. The lowest BCUT2D eigenvalue weighted by Gasteiger charge is -2.12. The number of thiophene rings is 1. The van der Waals surface area contributed by atoms with Crippen LogP contribution in [0.4, 0.5) is 4.79 Å². The van der Waals surface area contributed by atoms with Gasteiger partial charge in [0.05, 0.1) is 17.0 Å². The molecule has 3 N–H and O–H groups in total. The van der Waals surface area contributed by atoms with Crippen LogP contribution in [0, 0.1) is 0 Å². The third-order valence-electron chi connectivity index (χ3n) is 1.77. The molecule has 1 rings (SSSR count). The number of urea groups is 1. The van der Waals surface area contributed by atoms with Gasteiger partial charge in [0.2, 0.25) is 0 Å². The summed E-state index contributed by atoms with van der Waals surface area (Å²) >= 11 is 7.22. The van der Waals surface area contributed by atoms with Crippen molar-refractivity contribution >= 4 is 29.0 Å². The fourth-order valence-electron chi connectivity index (χ4n) is 1.05. The van der Waals surface area contributed by atoms with Gasteiger partial charge in [0.1, 0.15) is 0 Å². The number of rotatable bonds is 4. The van der Waals surface area contributed by atoms with Crippen LogP contribution in [-0.2, 0) is 0 Å². The standard InChI is InChI=1S/C9H13ClN2O2S/c1-6(7-2-3-8(10)15-7)12-9(14)11-4-5-13/h2-3,6,13H,4-5H2,1H3,(H2,11,12,14)/t6-/m1/s1. The third-order valence-corrected chi connectivity index (χ3v) is 3.18. The predicted molar refractivity (Wildman–Crippen MR) is 61.4 cm³/mol. The maximum Gasteiger partial charge on any atom is 0.315 e. The van der Waals surface area contributed by atoms with Gasteiger partial charge in [-0.15, -0.1) is 11.3 Å². The summed E-state index contributed by atoms with van der Waals surface area (Å²) in [4.78, 5) is 12.2. The van der Waals surface area contributed by atoms with Crippen molar-refractivity contribution < 1.29 is 9.90 Å². The minimum absolute atomic E-state index is 0.0629. The Bertz CT molecular complexity index is 330. The van der Waals surface area contributed by atoms with Gasteiger partial charge in [0.25, 0.3) is 0 Å². The third kappa shape index (κ3) is 4.07. The number of carbonyl (C=O) groups excluding carboxylic acids is 1. The summed E-state index contributed by atoms with van der Waals surface area (Å²) in [5.74, 6) is 0. The van der Waals surface area contributed by atoms with Crippen LogP contribution in [0.3, 0.4) is 0 Å². The molecule has 2 amide bonds. The molecule has 4 nitrogen and oxygen atoms in total. The normalized spacial score (nSPS) is 12.2. The SMILES string of the molecule is C[C@@H](NC(=O)NCCO)c1ccc(Cl)s1. The number of amides is 2. The van der Waals surface area contributed by atoms with Gasteiger partial charge >= 0.3 is 6.03 Å². The van der Waals surface area contributed by atoms with Crippen LogP contribution >= 0.6 is 22.9 Å². The fraction of sp³-hybridized carbons (Fsp3) is 0.444. The van der Waals surface area contributed by atoms with Gasteiger partial charge < -0.3 is 15.7 Å². The van der Waals surface area contributed by atoms with E-state index in [9.17, 15) is 4.79 Å². The quantitative estimate of drug-likeness (QED) is 0.760. The zero-order chi connectivity index (χ0) is 11.3. The average molecular weight is 249 g/mol. The van der Waals surface area contributed by atoms with Gasteiger partial charge in [-0.2, -0.15) is 0 Å². The molecule has 1 atom stereocenters. The average Bonchev–Trinajstić information content (AvgIpc) is 2.61. The summed E-state index contributed by atoms with van der Waals surface area (Å²) in [6.45, 7) is 2.07. The molecule has 0 fully saturated rings. The molecule has 1 aromatic rings. The van der Waals surface area contributed by atoms with Crippen molar-refractivity contribution in [1.29, 1.82) is 0 Å². The number of aliphatic hydroxyl groups excluding tert-OH is 1. The minimum Gasteiger partial charge on any atom is -0.395 e. The Balaban J connectivity index is 2.41. The van der Waals surface area contributed by atoms with E-state index in [2.05, 4.69) is 10.6 Å². The van der Waals surface area contributed by atoms with Gasteiger partial charge in [-0.05, 0) is 19.1 Å². The Morgan fingerprint density at radius 2 is 2.40 bits per heavy atom. The lowest BCUT2D eigenvalue weighted by atomic mass is 10.3. The highest BCUT2D eigenvalue weighted by Gasteiger charge is 2.10. The largest absolute Gasteiger partial charge is 0.395 e. The van der Waals surface area contributed by atoms with Gasteiger partial charge in [0, 0.05) is 11.4 Å². The second-order valence-electron chi connectivity index (χ2n) is 2.99. The van der Waals surface area contributed by atoms with Crippen molar-refractivity contribution in [3.05, 3.63) is 21.3 Å². The molecule has 1 heterocycles. The van der Waals surface area contributed by atoms with E-state index in [4.69, 9.17) is 16.7 Å². The first kappa shape index (κ1) is 12.3. The maximum atomic E-state index is 11.2. The van der Waals surface area contributed by atoms with Gasteiger partial charge in [-0.3, -0.25) is 0 Å². The lowest BCUT2D eigenvalue weighted by molar-refractivity contribution is 0.231. The number of nitrogens with one attached hydrogen (secondary N) is 2. The van der Waals surface area contributed by atoms with Crippen LogP contribution in [0.1, 0.15) is 17.8 Å². The molecule has 0 aromatic carbocycles. The first-order valence-corrected chi connectivity index (χ1v) is 5.73. The van der Waals surface area contributed by atoms with E-state index in [1.165, 1.54) is 11.3 Å². The van der Waals surface area contributed by atoms with E-state index in [-0.39, 0.29) is 25.2 Å². The van der Waals surface area contributed by atoms with Crippen LogP contribution in [-0.4, -0.2) is 24.3 Å². The predicted octanol–water partition coefficient (Wildman–Crippen LogP) is 1.75. The molecular weight excluding hydrogens is 236 g/mol. The molecule has 0 spiro atoms. The molecule has 0 radical (unpaired) electrons. The van der Waals surface area contributed by atoms with E-state index < -0.39 is 0 Å². The number of halogens is 1. The maximum absolute atomic E-state index is 11.2. The molecule has 0 aliphatic carbocycles. The fourth-order valence-corrected chi connectivity index (χ4v) is 2.11. The van der Waals surface area contributed by atoms with E-state index in [0.29, 0.717) is 4.34 Å². The molecule has 0 unspecified atom stereocenters. The Hall–Kier alpha value is -0.780. The second kappa shape index (κ2) is 5.95. The van der Waals surface area contributed by atoms with Crippen molar-refractivity contribution in [3.8, 4) is 0 Å². The van der Waals surface area contributed by atoms with Gasteiger partial charge in [-0.1, -0.05) is 11.6 Å².